The molecule has 0 aromatic heterocycles. The number of likely N-dealkylation sites (tertiary alicyclic amines) is 1. The first kappa shape index (κ1) is 14.5. The van der Waals surface area contributed by atoms with Gasteiger partial charge in [0.15, 0.2) is 0 Å². The third-order valence-electron chi connectivity index (χ3n) is 3.32. The SMILES string of the molecule is O=C(CCN1CCC(O)CC1)Nc1cccc(Br)c1. The molecule has 0 atom stereocenters. The number of halogens is 1. The van der Waals surface area contributed by atoms with Crippen molar-refractivity contribution in [2.45, 2.75) is 25.4 Å². The van der Waals surface area contributed by atoms with Crippen molar-refractivity contribution in [3.05, 3.63) is 28.7 Å². The van der Waals surface area contributed by atoms with E-state index < -0.39 is 0 Å². The van der Waals surface area contributed by atoms with Crippen molar-refractivity contribution in [3.63, 3.8) is 0 Å². The molecule has 1 aromatic carbocycles. The summed E-state index contributed by atoms with van der Waals surface area (Å²) < 4.78 is 0.954. The number of amides is 1. The number of benzene rings is 1. The second-order valence-corrected chi connectivity index (χ2v) is 5.80. The van der Waals surface area contributed by atoms with E-state index in [1.165, 1.54) is 0 Å². The van der Waals surface area contributed by atoms with Crippen molar-refractivity contribution in [2.24, 2.45) is 0 Å². The molecule has 1 amide bonds. The molecule has 1 aliphatic rings. The van der Waals surface area contributed by atoms with Crippen molar-refractivity contribution < 1.29 is 9.90 Å². The standard InChI is InChI=1S/C14H19BrN2O2/c15-11-2-1-3-12(10-11)16-14(19)6-9-17-7-4-13(18)5-8-17/h1-3,10,13,18H,4-9H2,(H,16,19). The van der Waals surface area contributed by atoms with Crippen molar-refractivity contribution in [1.82, 2.24) is 4.90 Å². The molecule has 0 spiro atoms. The molecule has 1 heterocycles. The average Bonchev–Trinajstić information content (AvgIpc) is 2.38. The van der Waals surface area contributed by atoms with Crippen LogP contribution in [0.2, 0.25) is 0 Å². The smallest absolute Gasteiger partial charge is 0.225 e. The molecular formula is C14H19BrN2O2. The Morgan fingerprint density at radius 1 is 1.42 bits per heavy atom. The van der Waals surface area contributed by atoms with Gasteiger partial charge in [0.1, 0.15) is 0 Å². The van der Waals surface area contributed by atoms with E-state index in [1.54, 1.807) is 0 Å². The van der Waals surface area contributed by atoms with Crippen LogP contribution in [0.1, 0.15) is 19.3 Å². The predicted octanol–water partition coefficient (Wildman–Crippen LogP) is 2.23. The lowest BCUT2D eigenvalue weighted by Crippen LogP contribution is -2.37. The van der Waals surface area contributed by atoms with Crippen molar-refractivity contribution in [1.29, 1.82) is 0 Å². The van der Waals surface area contributed by atoms with Gasteiger partial charge in [-0.1, -0.05) is 22.0 Å². The largest absolute Gasteiger partial charge is 0.393 e. The molecule has 2 N–H and O–H groups in total. The quantitative estimate of drug-likeness (QED) is 0.892. The van der Waals surface area contributed by atoms with Gasteiger partial charge >= 0.3 is 0 Å². The molecule has 0 aliphatic carbocycles. The lowest BCUT2D eigenvalue weighted by molar-refractivity contribution is -0.116. The Balaban J connectivity index is 1.73. The van der Waals surface area contributed by atoms with Crippen molar-refractivity contribution in [2.75, 3.05) is 25.0 Å². The van der Waals surface area contributed by atoms with Gasteiger partial charge in [-0.15, -0.1) is 0 Å². The van der Waals surface area contributed by atoms with E-state index in [4.69, 9.17) is 0 Å². The highest BCUT2D eigenvalue weighted by Gasteiger charge is 2.17. The normalized spacial score (nSPS) is 17.4. The van der Waals surface area contributed by atoms with Gasteiger partial charge in [-0.25, -0.2) is 0 Å². The van der Waals surface area contributed by atoms with Crippen LogP contribution >= 0.6 is 15.9 Å². The van der Waals surface area contributed by atoms with Crippen molar-refractivity contribution in [3.8, 4) is 0 Å². The lowest BCUT2D eigenvalue weighted by Gasteiger charge is -2.29. The van der Waals surface area contributed by atoms with Gasteiger partial charge in [0.05, 0.1) is 6.10 Å². The Morgan fingerprint density at radius 3 is 2.84 bits per heavy atom. The average molecular weight is 327 g/mol. The summed E-state index contributed by atoms with van der Waals surface area (Å²) in [6, 6.07) is 7.58. The maximum Gasteiger partial charge on any atom is 0.225 e. The zero-order chi connectivity index (χ0) is 13.7. The first-order chi connectivity index (χ1) is 9.13. The first-order valence-electron chi connectivity index (χ1n) is 6.59. The fraction of sp³-hybridized carbons (Fsp3) is 0.500. The summed E-state index contributed by atoms with van der Waals surface area (Å²) >= 11 is 3.38. The first-order valence-corrected chi connectivity index (χ1v) is 7.38. The Labute approximate surface area is 121 Å². The van der Waals surface area contributed by atoms with Gasteiger partial charge in [-0.05, 0) is 31.0 Å². The Kier molecular flexibility index (Phi) is 5.36. The summed E-state index contributed by atoms with van der Waals surface area (Å²) in [6.07, 6.45) is 1.95. The second-order valence-electron chi connectivity index (χ2n) is 4.88. The predicted molar refractivity (Wildman–Crippen MR) is 79.1 cm³/mol. The van der Waals surface area contributed by atoms with Crippen LogP contribution in [0.25, 0.3) is 0 Å². The number of aliphatic hydroxyl groups is 1. The maximum atomic E-state index is 11.8. The summed E-state index contributed by atoms with van der Waals surface area (Å²) in [5.41, 5.74) is 0.813. The lowest BCUT2D eigenvalue weighted by atomic mass is 10.1. The van der Waals surface area contributed by atoms with Crippen LogP contribution in [-0.2, 0) is 4.79 Å². The van der Waals surface area contributed by atoms with Crippen LogP contribution in [0.5, 0.6) is 0 Å². The molecule has 5 heteroatoms. The summed E-state index contributed by atoms with van der Waals surface area (Å²) in [6.45, 7) is 2.52. The Morgan fingerprint density at radius 2 is 2.16 bits per heavy atom. The Bertz CT molecular complexity index is 431. The number of hydrogen-bond acceptors (Lipinski definition) is 3. The minimum absolute atomic E-state index is 0.0317. The van der Waals surface area contributed by atoms with E-state index >= 15 is 0 Å². The summed E-state index contributed by atoms with van der Waals surface area (Å²) in [7, 11) is 0. The minimum Gasteiger partial charge on any atom is -0.393 e. The third-order valence-corrected chi connectivity index (χ3v) is 3.81. The zero-order valence-electron chi connectivity index (χ0n) is 10.8. The topological polar surface area (TPSA) is 52.6 Å². The van der Waals surface area contributed by atoms with E-state index in [0.717, 1.165) is 42.6 Å². The van der Waals surface area contributed by atoms with E-state index in [0.29, 0.717) is 6.42 Å². The number of aliphatic hydroxyl groups excluding tert-OH is 1. The monoisotopic (exact) mass is 326 g/mol. The number of piperidine rings is 1. The highest BCUT2D eigenvalue weighted by atomic mass is 79.9. The Hall–Kier alpha value is -0.910. The summed E-state index contributed by atoms with van der Waals surface area (Å²) in [4.78, 5) is 14.1. The fourth-order valence-corrected chi connectivity index (χ4v) is 2.59. The van der Waals surface area contributed by atoms with Crippen molar-refractivity contribution >= 4 is 27.5 Å². The van der Waals surface area contributed by atoms with E-state index in [-0.39, 0.29) is 12.0 Å². The zero-order valence-corrected chi connectivity index (χ0v) is 12.4. The van der Waals surface area contributed by atoms with Crippen LogP contribution in [0.15, 0.2) is 28.7 Å². The fourth-order valence-electron chi connectivity index (χ4n) is 2.19. The summed E-state index contributed by atoms with van der Waals surface area (Å²) in [5.74, 6) is 0.0317. The van der Waals surface area contributed by atoms with Gasteiger partial charge in [-0.2, -0.15) is 0 Å². The molecule has 1 aromatic rings. The molecule has 19 heavy (non-hydrogen) atoms. The van der Waals surface area contributed by atoms with Crippen LogP contribution in [0.3, 0.4) is 0 Å². The molecule has 2 rings (SSSR count). The number of carbonyl (C=O) groups is 1. The number of nitrogens with one attached hydrogen (secondary N) is 1. The number of carbonyl (C=O) groups excluding carboxylic acids is 1. The molecule has 104 valence electrons. The molecule has 0 bridgehead atoms. The molecule has 1 aliphatic heterocycles. The van der Waals surface area contributed by atoms with E-state index in [1.807, 2.05) is 24.3 Å². The van der Waals surface area contributed by atoms with E-state index in [2.05, 4.69) is 26.1 Å². The van der Waals surface area contributed by atoms with Crippen LogP contribution < -0.4 is 5.32 Å². The molecule has 1 saturated heterocycles. The molecular weight excluding hydrogens is 308 g/mol. The molecule has 1 fully saturated rings. The van der Waals surface area contributed by atoms with Crippen LogP contribution in [0, 0.1) is 0 Å². The molecule has 0 unspecified atom stereocenters. The van der Waals surface area contributed by atoms with Gasteiger partial charge in [0.2, 0.25) is 5.91 Å². The molecule has 4 nitrogen and oxygen atoms in total. The molecule has 0 radical (unpaired) electrons. The van der Waals surface area contributed by atoms with Gasteiger partial charge < -0.3 is 15.3 Å². The molecule has 0 saturated carbocycles. The summed E-state index contributed by atoms with van der Waals surface area (Å²) in [5, 5.41) is 12.3. The maximum absolute atomic E-state index is 11.8. The highest BCUT2D eigenvalue weighted by Crippen LogP contribution is 2.16. The third kappa shape index (κ3) is 4.93. The van der Waals surface area contributed by atoms with Crippen LogP contribution in [0.4, 0.5) is 5.69 Å². The van der Waals surface area contributed by atoms with E-state index in [9.17, 15) is 9.90 Å². The van der Waals surface area contributed by atoms with Crippen LogP contribution in [-0.4, -0.2) is 41.7 Å². The van der Waals surface area contributed by atoms with Gasteiger partial charge in [0.25, 0.3) is 0 Å². The number of hydrogen-bond donors (Lipinski definition) is 2. The van der Waals surface area contributed by atoms with Gasteiger partial charge in [-0.3, -0.25) is 4.79 Å². The number of nitrogens with zero attached hydrogens (tertiary/aromatic N) is 1. The minimum atomic E-state index is -0.160. The number of anilines is 1. The highest BCUT2D eigenvalue weighted by molar-refractivity contribution is 9.10. The van der Waals surface area contributed by atoms with Gasteiger partial charge in [0, 0.05) is 36.2 Å². The second kappa shape index (κ2) is 7.03. The number of rotatable bonds is 4.